The van der Waals surface area contributed by atoms with E-state index in [9.17, 15) is 0 Å². The zero-order chi connectivity index (χ0) is 34.6. The third-order valence-electron chi connectivity index (χ3n) is 11.8. The number of benzene rings is 9. The first kappa shape index (κ1) is 29.3. The molecule has 1 aromatic heterocycles. The molecule has 244 valence electrons. The first-order valence-electron chi connectivity index (χ1n) is 18.3. The van der Waals surface area contributed by atoms with Crippen molar-refractivity contribution in [3.05, 3.63) is 187 Å². The van der Waals surface area contributed by atoms with E-state index in [2.05, 4.69) is 194 Å². The van der Waals surface area contributed by atoms with Gasteiger partial charge in [-0.25, -0.2) is 0 Å². The van der Waals surface area contributed by atoms with Crippen molar-refractivity contribution in [2.75, 3.05) is 0 Å². The molecule has 1 aliphatic carbocycles. The lowest BCUT2D eigenvalue weighted by Crippen LogP contribution is -2.14. The summed E-state index contributed by atoms with van der Waals surface area (Å²) in [5.74, 6) is 0. The van der Waals surface area contributed by atoms with Gasteiger partial charge >= 0.3 is 0 Å². The molecule has 52 heavy (non-hydrogen) atoms. The number of rotatable bonds is 3. The summed E-state index contributed by atoms with van der Waals surface area (Å²) >= 11 is 0. The van der Waals surface area contributed by atoms with Crippen LogP contribution in [-0.4, -0.2) is 4.57 Å². The lowest BCUT2D eigenvalue weighted by atomic mass is 9.82. The van der Waals surface area contributed by atoms with Crippen molar-refractivity contribution in [3.8, 4) is 39.1 Å². The molecule has 10 aromatic rings. The molecule has 9 aromatic carbocycles. The standard InChI is InChI=1S/C51H35N/c1-51(2)45-21-9-7-20-43(45)50-46(51)22-12-24-48(50)52-47-23-10-8-19-41(47)42-28-26-35(31-49(42)52)33-14-11-13-32(29-33)34-25-27-40-38-17-4-3-15-36(38)37-16-5-6-18-39(37)44(40)30-34/h3-31H,1-2H3. The summed E-state index contributed by atoms with van der Waals surface area (Å²) in [6, 6.07) is 65.4. The lowest BCUT2D eigenvalue weighted by Gasteiger charge is -2.22. The smallest absolute Gasteiger partial charge is 0.0547 e. The van der Waals surface area contributed by atoms with Gasteiger partial charge in [0.2, 0.25) is 0 Å². The highest BCUT2D eigenvalue weighted by Crippen LogP contribution is 2.51. The highest BCUT2D eigenvalue weighted by molar-refractivity contribution is 6.25. The predicted molar refractivity (Wildman–Crippen MR) is 222 cm³/mol. The Bertz CT molecular complexity index is 3060. The van der Waals surface area contributed by atoms with E-state index in [1.165, 1.54) is 104 Å². The topological polar surface area (TPSA) is 4.93 Å². The number of aromatic nitrogens is 1. The highest BCUT2D eigenvalue weighted by Gasteiger charge is 2.37. The third-order valence-corrected chi connectivity index (χ3v) is 11.8. The number of para-hydroxylation sites is 1. The van der Waals surface area contributed by atoms with E-state index in [1.54, 1.807) is 0 Å². The van der Waals surface area contributed by atoms with E-state index in [0.717, 1.165) is 0 Å². The van der Waals surface area contributed by atoms with Crippen LogP contribution in [-0.2, 0) is 5.41 Å². The maximum atomic E-state index is 2.51. The fourth-order valence-electron chi connectivity index (χ4n) is 9.30. The fraction of sp³-hybridized carbons (Fsp3) is 0.0588. The largest absolute Gasteiger partial charge is 0.309 e. The monoisotopic (exact) mass is 661 g/mol. The first-order chi connectivity index (χ1) is 25.6. The summed E-state index contributed by atoms with van der Waals surface area (Å²) in [6.45, 7) is 4.72. The minimum absolute atomic E-state index is 0.0611. The summed E-state index contributed by atoms with van der Waals surface area (Å²) in [4.78, 5) is 0. The molecule has 1 nitrogen and oxygen atoms in total. The van der Waals surface area contributed by atoms with Crippen LogP contribution in [0.25, 0.3) is 93.2 Å². The van der Waals surface area contributed by atoms with Crippen LogP contribution in [0.3, 0.4) is 0 Å². The summed E-state index contributed by atoms with van der Waals surface area (Å²) < 4.78 is 2.51. The third kappa shape index (κ3) is 4.05. The maximum absolute atomic E-state index is 2.51. The van der Waals surface area contributed by atoms with Gasteiger partial charge < -0.3 is 4.57 Å². The van der Waals surface area contributed by atoms with Gasteiger partial charge in [-0.15, -0.1) is 0 Å². The van der Waals surface area contributed by atoms with Crippen LogP contribution < -0.4 is 0 Å². The summed E-state index contributed by atoms with van der Waals surface area (Å²) in [5.41, 5.74) is 14.0. The van der Waals surface area contributed by atoms with E-state index in [1.807, 2.05) is 0 Å². The van der Waals surface area contributed by atoms with E-state index >= 15 is 0 Å². The van der Waals surface area contributed by atoms with Crippen LogP contribution in [0.4, 0.5) is 0 Å². The van der Waals surface area contributed by atoms with Gasteiger partial charge in [-0.1, -0.05) is 159 Å². The molecule has 11 rings (SSSR count). The maximum Gasteiger partial charge on any atom is 0.0547 e. The van der Waals surface area contributed by atoms with Crippen molar-refractivity contribution in [1.29, 1.82) is 0 Å². The van der Waals surface area contributed by atoms with Crippen LogP contribution >= 0.6 is 0 Å². The molecule has 1 heteroatoms. The summed E-state index contributed by atoms with van der Waals surface area (Å²) in [5, 5.41) is 10.3. The van der Waals surface area contributed by atoms with Gasteiger partial charge in [-0.2, -0.15) is 0 Å². The number of hydrogen-bond acceptors (Lipinski definition) is 0. The molecule has 0 fully saturated rings. The Balaban J connectivity index is 1.10. The molecule has 0 aliphatic heterocycles. The van der Waals surface area contributed by atoms with E-state index < -0.39 is 0 Å². The Morgan fingerprint density at radius 1 is 0.346 bits per heavy atom. The zero-order valence-electron chi connectivity index (χ0n) is 29.2. The molecule has 1 heterocycles. The molecule has 1 aliphatic rings. The second-order valence-corrected chi connectivity index (χ2v) is 14.9. The molecular weight excluding hydrogens is 627 g/mol. The van der Waals surface area contributed by atoms with Gasteiger partial charge in [0.25, 0.3) is 0 Å². The molecule has 0 saturated heterocycles. The molecule has 0 radical (unpaired) electrons. The quantitative estimate of drug-likeness (QED) is 0.166. The normalized spacial score (nSPS) is 13.3. The van der Waals surface area contributed by atoms with Crippen LogP contribution in [0.15, 0.2) is 176 Å². The van der Waals surface area contributed by atoms with Crippen molar-refractivity contribution in [2.24, 2.45) is 0 Å². The predicted octanol–water partition coefficient (Wildman–Crippen LogP) is 13.9. The van der Waals surface area contributed by atoms with Crippen molar-refractivity contribution in [1.82, 2.24) is 4.57 Å². The highest BCUT2D eigenvalue weighted by atomic mass is 15.0. The van der Waals surface area contributed by atoms with Gasteiger partial charge in [0.15, 0.2) is 0 Å². The van der Waals surface area contributed by atoms with Crippen molar-refractivity contribution in [2.45, 2.75) is 19.3 Å². The molecule has 0 unspecified atom stereocenters. The second-order valence-electron chi connectivity index (χ2n) is 14.9. The fourth-order valence-corrected chi connectivity index (χ4v) is 9.30. The van der Waals surface area contributed by atoms with Gasteiger partial charge in [0, 0.05) is 21.8 Å². The van der Waals surface area contributed by atoms with E-state index in [4.69, 9.17) is 0 Å². The minimum atomic E-state index is -0.0611. The van der Waals surface area contributed by atoms with Crippen LogP contribution in [0.5, 0.6) is 0 Å². The van der Waals surface area contributed by atoms with Gasteiger partial charge in [-0.05, 0) is 102 Å². The molecule has 0 bridgehead atoms. The van der Waals surface area contributed by atoms with Crippen molar-refractivity contribution < 1.29 is 0 Å². The molecule has 0 N–H and O–H groups in total. The number of fused-ring (bicyclic) bond motifs is 12. The minimum Gasteiger partial charge on any atom is -0.309 e. The number of hydrogen-bond donors (Lipinski definition) is 0. The summed E-state index contributed by atoms with van der Waals surface area (Å²) in [7, 11) is 0. The Labute approximate surface area is 303 Å². The Morgan fingerprint density at radius 2 is 0.846 bits per heavy atom. The van der Waals surface area contributed by atoms with Crippen LogP contribution in [0, 0.1) is 0 Å². The Morgan fingerprint density at radius 3 is 1.58 bits per heavy atom. The Kier molecular flexibility index (Phi) is 6.08. The van der Waals surface area contributed by atoms with Gasteiger partial charge in [0.1, 0.15) is 0 Å². The van der Waals surface area contributed by atoms with Crippen LogP contribution in [0.1, 0.15) is 25.0 Å². The first-order valence-corrected chi connectivity index (χ1v) is 18.3. The molecule has 0 saturated carbocycles. The van der Waals surface area contributed by atoms with Gasteiger partial charge in [-0.3, -0.25) is 0 Å². The SMILES string of the molecule is CC1(C)c2ccccc2-c2c(-n3c4ccccc4c4ccc(-c5cccc(-c6ccc7c8ccccc8c8ccccc8c7c6)c5)cc43)cccc21. The average molecular weight is 662 g/mol. The van der Waals surface area contributed by atoms with E-state index in [0.29, 0.717) is 0 Å². The molecule has 0 amide bonds. The van der Waals surface area contributed by atoms with Crippen LogP contribution in [0.2, 0.25) is 0 Å². The van der Waals surface area contributed by atoms with E-state index in [-0.39, 0.29) is 5.41 Å². The summed E-state index contributed by atoms with van der Waals surface area (Å²) in [6.07, 6.45) is 0. The lowest BCUT2D eigenvalue weighted by molar-refractivity contribution is 0.660. The van der Waals surface area contributed by atoms with Crippen molar-refractivity contribution in [3.63, 3.8) is 0 Å². The molecule has 0 spiro atoms. The molecule has 0 atom stereocenters. The average Bonchev–Trinajstić information content (AvgIpc) is 3.66. The number of nitrogens with zero attached hydrogens (tertiary/aromatic N) is 1. The molecular formula is C51H35N. The Hall–Kier alpha value is -6.44. The van der Waals surface area contributed by atoms with Crippen molar-refractivity contribution >= 4 is 54.1 Å². The van der Waals surface area contributed by atoms with Gasteiger partial charge in [0.05, 0.1) is 16.7 Å². The second kappa shape index (κ2) is 10.8. The zero-order valence-corrected chi connectivity index (χ0v) is 29.2.